The Morgan fingerprint density at radius 2 is 1.47 bits per heavy atom. The predicted molar refractivity (Wildman–Crippen MR) is 123 cm³/mol. The maximum Gasteiger partial charge on any atom is 0.314 e. The lowest BCUT2D eigenvalue weighted by Crippen LogP contribution is -2.20. The second-order valence-corrected chi connectivity index (χ2v) is 7.67. The number of carbonyl (C=O) groups is 1. The van der Waals surface area contributed by atoms with E-state index in [1.54, 1.807) is 30.5 Å². The minimum Gasteiger partial charge on any atom is -0.469 e. The molecule has 3 aromatic rings. The molecule has 3 nitrogen and oxygen atoms in total. The lowest BCUT2D eigenvalue weighted by Gasteiger charge is -2.18. The van der Waals surface area contributed by atoms with Crippen LogP contribution in [0.2, 0.25) is 0 Å². The summed E-state index contributed by atoms with van der Waals surface area (Å²) in [5.41, 5.74) is 2.99. The fourth-order valence-corrected chi connectivity index (χ4v) is 3.72. The number of halogens is 2. The molecule has 0 aromatic heterocycles. The van der Waals surface area contributed by atoms with Gasteiger partial charge in [0.15, 0.2) is 0 Å². The first-order valence-electron chi connectivity index (χ1n) is 10.7. The van der Waals surface area contributed by atoms with Gasteiger partial charge >= 0.3 is 5.97 Å². The van der Waals surface area contributed by atoms with Crippen LogP contribution in [0.3, 0.4) is 0 Å². The minimum atomic E-state index is -0.438. The summed E-state index contributed by atoms with van der Waals surface area (Å²) in [4.78, 5) is 16.6. The molecule has 0 heterocycles. The van der Waals surface area contributed by atoms with Crippen LogP contribution >= 0.6 is 0 Å². The van der Waals surface area contributed by atoms with E-state index < -0.39 is 5.92 Å². The first kappa shape index (κ1) is 23.3. The van der Waals surface area contributed by atoms with Gasteiger partial charge in [-0.05, 0) is 60.2 Å². The third-order valence-electron chi connectivity index (χ3n) is 5.41. The summed E-state index contributed by atoms with van der Waals surface area (Å²) >= 11 is 0. The first-order valence-corrected chi connectivity index (χ1v) is 10.7. The highest BCUT2D eigenvalue weighted by atomic mass is 19.1. The monoisotopic (exact) mass is 435 g/mol. The molecule has 0 spiro atoms. The molecule has 0 radical (unpaired) electrons. The molecule has 0 saturated carbocycles. The molecule has 0 aliphatic heterocycles. The van der Waals surface area contributed by atoms with Crippen molar-refractivity contribution < 1.29 is 18.3 Å². The highest BCUT2D eigenvalue weighted by Crippen LogP contribution is 2.29. The van der Waals surface area contributed by atoms with Crippen molar-refractivity contribution in [2.24, 2.45) is 10.9 Å². The molecule has 166 valence electrons. The maximum absolute atomic E-state index is 13.4. The molecule has 0 N–H and O–H groups in total. The van der Waals surface area contributed by atoms with Crippen molar-refractivity contribution in [1.82, 2.24) is 0 Å². The Bertz CT molecular complexity index is 957. The van der Waals surface area contributed by atoms with Crippen LogP contribution < -0.4 is 0 Å². The molecule has 0 saturated heterocycles. The number of ether oxygens (including phenoxy) is 1. The number of rotatable bonds is 10. The zero-order valence-corrected chi connectivity index (χ0v) is 18.1. The largest absolute Gasteiger partial charge is 0.469 e. The fraction of sp³-hybridized carbons (Fsp3) is 0.259. The molecular weight excluding hydrogens is 408 g/mol. The molecule has 1 atom stereocenters. The van der Waals surface area contributed by atoms with Crippen LogP contribution in [0.1, 0.15) is 35.4 Å². The number of hydrogen-bond donors (Lipinski definition) is 0. The molecule has 5 heteroatoms. The Kier molecular flexibility index (Phi) is 8.67. The Balaban J connectivity index is 1.63. The summed E-state index contributed by atoms with van der Waals surface area (Å²) in [6, 6.07) is 22.6. The van der Waals surface area contributed by atoms with E-state index in [2.05, 4.69) is 4.99 Å². The van der Waals surface area contributed by atoms with Crippen molar-refractivity contribution in [1.29, 1.82) is 0 Å². The van der Waals surface area contributed by atoms with Gasteiger partial charge in [0.05, 0.1) is 13.0 Å². The molecule has 0 fully saturated rings. The summed E-state index contributed by atoms with van der Waals surface area (Å²) in [7, 11) is 1.38. The molecule has 3 rings (SSSR count). The van der Waals surface area contributed by atoms with Gasteiger partial charge in [-0.3, -0.25) is 9.79 Å². The molecule has 0 aliphatic carbocycles. The smallest absolute Gasteiger partial charge is 0.314 e. The van der Waals surface area contributed by atoms with Crippen LogP contribution in [0.15, 0.2) is 83.9 Å². The van der Waals surface area contributed by atoms with Gasteiger partial charge in [0.1, 0.15) is 11.6 Å². The van der Waals surface area contributed by atoms with E-state index in [1.165, 1.54) is 31.4 Å². The molecular formula is C27H27F2NO2. The average molecular weight is 436 g/mol. The van der Waals surface area contributed by atoms with Gasteiger partial charge in [-0.25, -0.2) is 8.78 Å². The molecule has 1 unspecified atom stereocenters. The number of methoxy groups -OCH3 is 1. The Labute approximate surface area is 187 Å². The average Bonchev–Trinajstić information content (AvgIpc) is 2.82. The van der Waals surface area contributed by atoms with Crippen LogP contribution in [0, 0.1) is 17.6 Å². The second-order valence-electron chi connectivity index (χ2n) is 7.67. The molecule has 0 amide bonds. The van der Waals surface area contributed by atoms with Crippen molar-refractivity contribution in [3.05, 3.63) is 107 Å². The quantitative estimate of drug-likeness (QED) is 0.223. The number of nitrogens with zero attached hydrogens (tertiary/aromatic N) is 1. The lowest BCUT2D eigenvalue weighted by atomic mass is 9.87. The molecule has 3 aromatic carbocycles. The van der Waals surface area contributed by atoms with E-state index in [4.69, 9.17) is 4.74 Å². The van der Waals surface area contributed by atoms with Crippen LogP contribution in [0.25, 0.3) is 0 Å². The summed E-state index contributed by atoms with van der Waals surface area (Å²) in [6.45, 7) is 0.543. The summed E-state index contributed by atoms with van der Waals surface area (Å²) in [6.07, 6.45) is 3.72. The van der Waals surface area contributed by atoms with Crippen LogP contribution in [-0.4, -0.2) is 25.8 Å². The fourth-order valence-electron chi connectivity index (χ4n) is 3.72. The van der Waals surface area contributed by atoms with Gasteiger partial charge < -0.3 is 4.74 Å². The number of esters is 1. The first-order chi connectivity index (χ1) is 15.6. The van der Waals surface area contributed by atoms with Crippen LogP contribution in [0.5, 0.6) is 0 Å². The zero-order valence-electron chi connectivity index (χ0n) is 18.1. The number of aliphatic imine (C=N–C) groups is 1. The summed E-state index contributed by atoms with van der Waals surface area (Å²) < 4.78 is 31.7. The van der Waals surface area contributed by atoms with E-state index in [0.29, 0.717) is 13.0 Å². The standard InChI is InChI=1S/C27H27F2NO2/c1-32-27(31)23(18-20-6-3-2-4-7-20)19-30-17-5-8-26(21-9-13-24(28)14-10-21)22-11-15-25(29)16-12-22/h2-4,6-7,9-16,19,23,26H,5,8,17-18H2,1H3. The second kappa shape index (κ2) is 11.9. The maximum atomic E-state index is 13.4. The highest BCUT2D eigenvalue weighted by molar-refractivity contribution is 5.90. The van der Waals surface area contributed by atoms with Gasteiger partial charge in [-0.2, -0.15) is 0 Å². The Morgan fingerprint density at radius 1 is 0.906 bits per heavy atom. The van der Waals surface area contributed by atoms with E-state index in [1.807, 2.05) is 30.3 Å². The van der Waals surface area contributed by atoms with Crippen LogP contribution in [-0.2, 0) is 16.0 Å². The van der Waals surface area contributed by atoms with Crippen molar-refractivity contribution in [3.63, 3.8) is 0 Å². The molecule has 32 heavy (non-hydrogen) atoms. The third-order valence-corrected chi connectivity index (χ3v) is 5.41. The van der Waals surface area contributed by atoms with E-state index in [-0.39, 0.29) is 23.5 Å². The van der Waals surface area contributed by atoms with Gasteiger partial charge in [0.2, 0.25) is 0 Å². The Morgan fingerprint density at radius 3 is 2.00 bits per heavy atom. The number of benzene rings is 3. The molecule has 0 bridgehead atoms. The normalized spacial score (nSPS) is 12.2. The third kappa shape index (κ3) is 6.84. The molecule has 0 aliphatic rings. The highest BCUT2D eigenvalue weighted by Gasteiger charge is 2.18. The van der Waals surface area contributed by atoms with E-state index in [9.17, 15) is 13.6 Å². The zero-order chi connectivity index (χ0) is 22.8. The summed E-state index contributed by atoms with van der Waals surface area (Å²) in [5, 5.41) is 0. The Hall–Kier alpha value is -3.34. The van der Waals surface area contributed by atoms with Crippen molar-refractivity contribution in [3.8, 4) is 0 Å². The van der Waals surface area contributed by atoms with Gasteiger partial charge in [-0.1, -0.05) is 54.6 Å². The van der Waals surface area contributed by atoms with Crippen molar-refractivity contribution >= 4 is 12.2 Å². The SMILES string of the molecule is COC(=O)C(C=NCCCC(c1ccc(F)cc1)c1ccc(F)cc1)Cc1ccccc1. The topological polar surface area (TPSA) is 38.7 Å². The summed E-state index contributed by atoms with van der Waals surface area (Å²) in [5.74, 6) is -1.32. The number of hydrogen-bond acceptors (Lipinski definition) is 3. The van der Waals surface area contributed by atoms with Gasteiger partial charge in [0, 0.05) is 18.7 Å². The van der Waals surface area contributed by atoms with Gasteiger partial charge in [0.25, 0.3) is 0 Å². The van der Waals surface area contributed by atoms with E-state index in [0.717, 1.165) is 29.5 Å². The van der Waals surface area contributed by atoms with Crippen LogP contribution in [0.4, 0.5) is 8.78 Å². The van der Waals surface area contributed by atoms with Gasteiger partial charge in [-0.15, -0.1) is 0 Å². The van der Waals surface area contributed by atoms with Crippen molar-refractivity contribution in [2.75, 3.05) is 13.7 Å². The van der Waals surface area contributed by atoms with Crippen molar-refractivity contribution in [2.45, 2.75) is 25.2 Å². The van der Waals surface area contributed by atoms with E-state index >= 15 is 0 Å². The lowest BCUT2D eigenvalue weighted by molar-refractivity contribution is -0.142. The predicted octanol–water partition coefficient (Wildman–Crippen LogP) is 5.98. The number of carbonyl (C=O) groups excluding carboxylic acids is 1. The minimum absolute atomic E-state index is 0.00660.